The molecule has 1 aromatic rings. The molecule has 1 aromatic carbocycles. The Balaban J connectivity index is 2.35. The molecule has 2 atom stereocenters. The quantitative estimate of drug-likeness (QED) is 0.813. The van der Waals surface area contributed by atoms with Gasteiger partial charge in [-0.25, -0.2) is 0 Å². The summed E-state index contributed by atoms with van der Waals surface area (Å²) in [5.74, 6) is 0.541. The van der Waals surface area contributed by atoms with Crippen LogP contribution in [0, 0.1) is 5.92 Å². The zero-order valence-corrected chi connectivity index (χ0v) is 11.5. The molecule has 0 heterocycles. The highest BCUT2D eigenvalue weighted by Crippen LogP contribution is 2.15. The fourth-order valence-corrected chi connectivity index (χ4v) is 1.65. The molecular weight excluding hydrogens is 224 g/mol. The molecule has 1 amide bonds. The molecule has 18 heavy (non-hydrogen) atoms. The van der Waals surface area contributed by atoms with Gasteiger partial charge in [-0.3, -0.25) is 4.79 Å². The minimum atomic E-state index is -0.0636. The van der Waals surface area contributed by atoms with E-state index in [9.17, 15) is 4.79 Å². The first kappa shape index (κ1) is 14.7. The zero-order valence-electron chi connectivity index (χ0n) is 11.5. The van der Waals surface area contributed by atoms with Gasteiger partial charge in [0.1, 0.15) is 0 Å². The summed E-state index contributed by atoms with van der Waals surface area (Å²) in [5.41, 5.74) is 7.14. The maximum absolute atomic E-state index is 11.7. The highest BCUT2D eigenvalue weighted by molar-refractivity contribution is 5.76. The van der Waals surface area contributed by atoms with Crippen LogP contribution in [0.2, 0.25) is 0 Å². The van der Waals surface area contributed by atoms with Crippen LogP contribution < -0.4 is 11.1 Å². The van der Waals surface area contributed by atoms with Crippen molar-refractivity contribution in [3.05, 3.63) is 35.9 Å². The Hall–Kier alpha value is -1.35. The Morgan fingerprint density at radius 1 is 1.22 bits per heavy atom. The van der Waals surface area contributed by atoms with Crippen LogP contribution in [0.3, 0.4) is 0 Å². The van der Waals surface area contributed by atoms with Crippen LogP contribution in [0.1, 0.15) is 45.2 Å². The molecule has 3 nitrogen and oxygen atoms in total. The number of hydrogen-bond donors (Lipinski definition) is 2. The Kier molecular flexibility index (Phi) is 5.86. The van der Waals surface area contributed by atoms with Crippen molar-refractivity contribution in [1.29, 1.82) is 0 Å². The van der Waals surface area contributed by atoms with E-state index in [0.717, 1.165) is 5.56 Å². The lowest BCUT2D eigenvalue weighted by molar-refractivity contribution is -0.122. The van der Waals surface area contributed by atoms with E-state index in [4.69, 9.17) is 5.73 Å². The van der Waals surface area contributed by atoms with E-state index in [0.29, 0.717) is 18.8 Å². The lowest BCUT2D eigenvalue weighted by Crippen LogP contribution is -2.36. The molecule has 0 radical (unpaired) electrons. The molecule has 0 saturated carbocycles. The zero-order chi connectivity index (χ0) is 13.5. The van der Waals surface area contributed by atoms with Crippen molar-refractivity contribution in [2.45, 2.75) is 45.7 Å². The van der Waals surface area contributed by atoms with Crippen molar-refractivity contribution in [3.8, 4) is 0 Å². The fourth-order valence-electron chi connectivity index (χ4n) is 1.65. The molecule has 0 aromatic heterocycles. The molecule has 0 bridgehead atoms. The van der Waals surface area contributed by atoms with Gasteiger partial charge in [-0.1, -0.05) is 44.2 Å². The normalized spacial score (nSPS) is 14.3. The highest BCUT2D eigenvalue weighted by Gasteiger charge is 2.12. The molecule has 0 aliphatic rings. The smallest absolute Gasteiger partial charge is 0.220 e. The van der Waals surface area contributed by atoms with Crippen LogP contribution in [0.15, 0.2) is 30.3 Å². The predicted molar refractivity (Wildman–Crippen MR) is 75.0 cm³/mol. The summed E-state index contributed by atoms with van der Waals surface area (Å²) in [5, 5.41) is 2.99. The summed E-state index contributed by atoms with van der Waals surface area (Å²) in [4.78, 5) is 11.7. The number of nitrogens with one attached hydrogen (secondary N) is 1. The summed E-state index contributed by atoms with van der Waals surface area (Å²) in [6, 6.07) is 10.1. The first-order valence-electron chi connectivity index (χ1n) is 6.60. The van der Waals surface area contributed by atoms with Gasteiger partial charge in [-0.15, -0.1) is 0 Å². The van der Waals surface area contributed by atoms with E-state index in [1.54, 1.807) is 0 Å². The average molecular weight is 248 g/mol. The monoisotopic (exact) mass is 248 g/mol. The largest absolute Gasteiger partial charge is 0.353 e. The van der Waals surface area contributed by atoms with Crippen LogP contribution in [-0.2, 0) is 4.79 Å². The number of hydrogen-bond acceptors (Lipinski definition) is 2. The molecule has 0 saturated heterocycles. The van der Waals surface area contributed by atoms with Crippen molar-refractivity contribution in [1.82, 2.24) is 5.32 Å². The molecule has 3 N–H and O–H groups in total. The van der Waals surface area contributed by atoms with E-state index in [1.165, 1.54) is 0 Å². The van der Waals surface area contributed by atoms with Crippen molar-refractivity contribution < 1.29 is 4.79 Å². The number of nitrogens with two attached hydrogens (primary N) is 1. The number of rotatable bonds is 6. The lowest BCUT2D eigenvalue weighted by Gasteiger charge is -2.18. The van der Waals surface area contributed by atoms with E-state index in [1.807, 2.05) is 37.3 Å². The molecule has 0 aliphatic heterocycles. The van der Waals surface area contributed by atoms with Crippen molar-refractivity contribution >= 4 is 5.91 Å². The number of carbonyl (C=O) groups is 1. The third-order valence-electron chi connectivity index (χ3n) is 3.30. The number of benzene rings is 1. The van der Waals surface area contributed by atoms with Crippen LogP contribution in [-0.4, -0.2) is 11.9 Å². The van der Waals surface area contributed by atoms with Crippen LogP contribution in [0.25, 0.3) is 0 Å². The Bertz CT molecular complexity index is 362. The fraction of sp³-hybridized carbons (Fsp3) is 0.533. The van der Waals surface area contributed by atoms with Gasteiger partial charge in [0.15, 0.2) is 0 Å². The summed E-state index contributed by atoms with van der Waals surface area (Å²) in [6.45, 7) is 6.22. The standard InChI is InChI=1S/C15H24N2O/c1-11(2)12(3)17-15(18)10-9-14(16)13-7-5-4-6-8-13/h4-8,11-12,14H,9-10,16H2,1-3H3,(H,17,18). The van der Waals surface area contributed by atoms with Gasteiger partial charge in [0.05, 0.1) is 0 Å². The Morgan fingerprint density at radius 2 is 1.83 bits per heavy atom. The summed E-state index contributed by atoms with van der Waals surface area (Å²) >= 11 is 0. The maximum atomic E-state index is 11.7. The van der Waals surface area contributed by atoms with E-state index in [2.05, 4.69) is 19.2 Å². The second-order valence-corrected chi connectivity index (χ2v) is 5.16. The minimum absolute atomic E-state index is 0.0636. The molecule has 2 unspecified atom stereocenters. The van der Waals surface area contributed by atoms with Crippen LogP contribution in [0.5, 0.6) is 0 Å². The molecule has 3 heteroatoms. The van der Waals surface area contributed by atoms with Crippen LogP contribution >= 0.6 is 0 Å². The van der Waals surface area contributed by atoms with Gasteiger partial charge in [-0.2, -0.15) is 0 Å². The summed E-state index contributed by atoms with van der Waals surface area (Å²) < 4.78 is 0. The molecule has 1 rings (SSSR count). The Labute approximate surface area is 110 Å². The minimum Gasteiger partial charge on any atom is -0.353 e. The van der Waals surface area contributed by atoms with Gasteiger partial charge < -0.3 is 11.1 Å². The van der Waals surface area contributed by atoms with Crippen molar-refractivity contribution in [2.75, 3.05) is 0 Å². The third-order valence-corrected chi connectivity index (χ3v) is 3.30. The first-order chi connectivity index (χ1) is 8.50. The SMILES string of the molecule is CC(C)C(C)NC(=O)CCC(N)c1ccccc1. The predicted octanol–water partition coefficient (Wildman–Crippen LogP) is 2.63. The van der Waals surface area contributed by atoms with E-state index < -0.39 is 0 Å². The van der Waals surface area contributed by atoms with E-state index >= 15 is 0 Å². The summed E-state index contributed by atoms with van der Waals surface area (Å²) in [6.07, 6.45) is 1.16. The first-order valence-corrected chi connectivity index (χ1v) is 6.60. The van der Waals surface area contributed by atoms with E-state index in [-0.39, 0.29) is 18.0 Å². The molecular formula is C15H24N2O. The van der Waals surface area contributed by atoms with Crippen LogP contribution in [0.4, 0.5) is 0 Å². The van der Waals surface area contributed by atoms with Gasteiger partial charge in [-0.05, 0) is 24.8 Å². The van der Waals surface area contributed by atoms with Crippen molar-refractivity contribution in [2.24, 2.45) is 11.7 Å². The molecule has 0 fully saturated rings. The van der Waals surface area contributed by atoms with Gasteiger partial charge in [0, 0.05) is 18.5 Å². The molecule has 0 aliphatic carbocycles. The van der Waals surface area contributed by atoms with Crippen molar-refractivity contribution in [3.63, 3.8) is 0 Å². The topological polar surface area (TPSA) is 55.1 Å². The third kappa shape index (κ3) is 4.88. The highest BCUT2D eigenvalue weighted by atomic mass is 16.1. The Morgan fingerprint density at radius 3 is 2.39 bits per heavy atom. The molecule has 100 valence electrons. The van der Waals surface area contributed by atoms with Gasteiger partial charge >= 0.3 is 0 Å². The number of carbonyl (C=O) groups excluding carboxylic acids is 1. The second kappa shape index (κ2) is 7.17. The lowest BCUT2D eigenvalue weighted by atomic mass is 10.0. The maximum Gasteiger partial charge on any atom is 0.220 e. The average Bonchev–Trinajstić information content (AvgIpc) is 2.36. The van der Waals surface area contributed by atoms with Gasteiger partial charge in [0.25, 0.3) is 0 Å². The second-order valence-electron chi connectivity index (χ2n) is 5.16. The summed E-state index contributed by atoms with van der Waals surface area (Å²) in [7, 11) is 0. The number of amides is 1. The van der Waals surface area contributed by atoms with Gasteiger partial charge in [0.2, 0.25) is 5.91 Å². The molecule has 0 spiro atoms.